The smallest absolute Gasteiger partial charge is 0.330 e. The zero-order valence-corrected chi connectivity index (χ0v) is 14.8. The van der Waals surface area contributed by atoms with Gasteiger partial charge in [-0.25, -0.2) is 9.78 Å². The summed E-state index contributed by atoms with van der Waals surface area (Å²) in [5, 5.41) is 0. The van der Waals surface area contributed by atoms with Crippen molar-refractivity contribution in [1.82, 2.24) is 9.97 Å². The van der Waals surface area contributed by atoms with Crippen LogP contribution in [0, 0.1) is 0 Å². The third kappa shape index (κ3) is 5.04. The number of aromatic amines is 1. The maximum Gasteiger partial charge on any atom is 0.330 e. The van der Waals surface area contributed by atoms with Gasteiger partial charge < -0.3 is 14.5 Å². The molecule has 0 amide bonds. The van der Waals surface area contributed by atoms with Crippen LogP contribution in [0.3, 0.4) is 0 Å². The Labute approximate surface area is 146 Å². The molecule has 0 aliphatic rings. The van der Waals surface area contributed by atoms with Gasteiger partial charge in [0.25, 0.3) is 5.56 Å². The SMILES string of the molecule is CCOC(=O)/C=C/c1c(Oc2ccc(C(C)(C)C)cc2)nc[nH]c1=O. The molecule has 0 radical (unpaired) electrons. The van der Waals surface area contributed by atoms with Crippen LogP contribution in [0.25, 0.3) is 6.08 Å². The number of hydrogen-bond donors (Lipinski definition) is 1. The highest BCUT2D eigenvalue weighted by atomic mass is 16.5. The first-order chi connectivity index (χ1) is 11.8. The normalized spacial score (nSPS) is 11.5. The molecule has 1 heterocycles. The Hall–Kier alpha value is -2.89. The number of esters is 1. The lowest BCUT2D eigenvalue weighted by atomic mass is 9.87. The number of H-pyrrole nitrogens is 1. The number of nitrogens with one attached hydrogen (secondary N) is 1. The van der Waals surface area contributed by atoms with E-state index in [9.17, 15) is 9.59 Å². The van der Waals surface area contributed by atoms with Crippen LogP contribution in [0.15, 0.2) is 41.5 Å². The Morgan fingerprint density at radius 1 is 1.24 bits per heavy atom. The van der Waals surface area contributed by atoms with E-state index in [-0.39, 0.29) is 23.5 Å². The Kier molecular flexibility index (Phi) is 5.75. The second-order valence-corrected chi connectivity index (χ2v) is 6.41. The van der Waals surface area contributed by atoms with E-state index >= 15 is 0 Å². The summed E-state index contributed by atoms with van der Waals surface area (Å²) >= 11 is 0. The van der Waals surface area contributed by atoms with Gasteiger partial charge in [0, 0.05) is 6.08 Å². The standard InChI is InChI=1S/C19H22N2O4/c1-5-24-16(22)11-10-15-17(23)20-12-21-18(15)25-14-8-6-13(7-9-14)19(2,3)4/h6-12H,5H2,1-4H3,(H,20,21,23)/b11-10+. The first kappa shape index (κ1) is 18.4. The molecule has 0 atom stereocenters. The van der Waals surface area contributed by atoms with Crippen LogP contribution in [0.4, 0.5) is 0 Å². The summed E-state index contributed by atoms with van der Waals surface area (Å²) in [5.74, 6) is 0.135. The number of carbonyl (C=O) groups excluding carboxylic acids is 1. The van der Waals surface area contributed by atoms with Gasteiger partial charge in [0.05, 0.1) is 12.9 Å². The summed E-state index contributed by atoms with van der Waals surface area (Å²) in [6.45, 7) is 8.34. The lowest BCUT2D eigenvalue weighted by molar-refractivity contribution is -0.137. The van der Waals surface area contributed by atoms with Crippen LogP contribution in [-0.2, 0) is 14.9 Å². The largest absolute Gasteiger partial charge is 0.463 e. The van der Waals surface area contributed by atoms with Crippen molar-refractivity contribution in [3.63, 3.8) is 0 Å². The number of benzene rings is 1. The molecule has 2 rings (SSSR count). The number of hydrogen-bond acceptors (Lipinski definition) is 5. The van der Waals surface area contributed by atoms with Gasteiger partial charge in [-0.05, 0) is 36.1 Å². The summed E-state index contributed by atoms with van der Waals surface area (Å²) in [6.07, 6.45) is 3.76. The molecule has 0 fully saturated rings. The van der Waals surface area contributed by atoms with Crippen LogP contribution in [0.2, 0.25) is 0 Å². The molecule has 2 aromatic rings. The topological polar surface area (TPSA) is 81.3 Å². The average Bonchev–Trinajstić information content (AvgIpc) is 2.54. The van der Waals surface area contributed by atoms with E-state index in [1.54, 1.807) is 6.92 Å². The third-order valence-corrected chi connectivity index (χ3v) is 3.46. The molecule has 132 valence electrons. The fourth-order valence-corrected chi connectivity index (χ4v) is 2.10. The van der Waals surface area contributed by atoms with Crippen LogP contribution >= 0.6 is 0 Å². The van der Waals surface area contributed by atoms with Gasteiger partial charge in [-0.2, -0.15) is 0 Å². The maximum atomic E-state index is 12.0. The van der Waals surface area contributed by atoms with Crippen molar-refractivity contribution >= 4 is 12.0 Å². The van der Waals surface area contributed by atoms with Crippen molar-refractivity contribution in [1.29, 1.82) is 0 Å². The molecule has 25 heavy (non-hydrogen) atoms. The Morgan fingerprint density at radius 2 is 1.92 bits per heavy atom. The van der Waals surface area contributed by atoms with Gasteiger partial charge in [0.15, 0.2) is 0 Å². The fourth-order valence-electron chi connectivity index (χ4n) is 2.10. The monoisotopic (exact) mass is 342 g/mol. The summed E-state index contributed by atoms with van der Waals surface area (Å²) < 4.78 is 10.5. The molecular weight excluding hydrogens is 320 g/mol. The zero-order valence-electron chi connectivity index (χ0n) is 14.8. The predicted octanol–water partition coefficient (Wildman–Crippen LogP) is 3.44. The van der Waals surface area contributed by atoms with Crippen LogP contribution in [-0.4, -0.2) is 22.5 Å². The molecule has 1 aromatic heterocycles. The maximum absolute atomic E-state index is 12.0. The van der Waals surface area contributed by atoms with Crippen molar-refractivity contribution < 1.29 is 14.3 Å². The molecule has 0 saturated heterocycles. The minimum atomic E-state index is -0.536. The highest BCUT2D eigenvalue weighted by Crippen LogP contribution is 2.27. The van der Waals surface area contributed by atoms with E-state index in [0.717, 1.165) is 0 Å². The lowest BCUT2D eigenvalue weighted by Crippen LogP contribution is -2.12. The van der Waals surface area contributed by atoms with Gasteiger partial charge in [-0.15, -0.1) is 0 Å². The summed E-state index contributed by atoms with van der Waals surface area (Å²) in [7, 11) is 0. The van der Waals surface area contributed by atoms with Crippen molar-refractivity contribution in [3.05, 3.63) is 58.1 Å². The molecule has 0 bridgehead atoms. The molecule has 0 aliphatic heterocycles. The average molecular weight is 342 g/mol. The first-order valence-corrected chi connectivity index (χ1v) is 8.02. The van der Waals surface area contributed by atoms with Crippen molar-refractivity contribution in [3.8, 4) is 11.6 Å². The molecule has 0 spiro atoms. The van der Waals surface area contributed by atoms with E-state index in [2.05, 4.69) is 30.7 Å². The van der Waals surface area contributed by atoms with Crippen molar-refractivity contribution in [2.45, 2.75) is 33.1 Å². The molecule has 6 nitrogen and oxygen atoms in total. The quantitative estimate of drug-likeness (QED) is 0.665. The summed E-state index contributed by atoms with van der Waals surface area (Å²) in [5.41, 5.74) is 0.947. The van der Waals surface area contributed by atoms with Gasteiger partial charge in [-0.1, -0.05) is 32.9 Å². The number of nitrogens with zero attached hydrogens (tertiary/aromatic N) is 1. The van der Waals surface area contributed by atoms with Crippen molar-refractivity contribution in [2.24, 2.45) is 0 Å². The van der Waals surface area contributed by atoms with Gasteiger partial charge >= 0.3 is 5.97 Å². The van der Waals surface area contributed by atoms with Gasteiger partial charge in [-0.3, -0.25) is 4.79 Å². The van der Waals surface area contributed by atoms with Crippen LogP contribution in [0.1, 0.15) is 38.8 Å². The predicted molar refractivity (Wildman–Crippen MR) is 95.7 cm³/mol. The minimum Gasteiger partial charge on any atom is -0.463 e. The van der Waals surface area contributed by atoms with Gasteiger partial charge in [0.1, 0.15) is 11.3 Å². The molecule has 0 aliphatic carbocycles. The van der Waals surface area contributed by atoms with Crippen LogP contribution < -0.4 is 10.3 Å². The zero-order chi connectivity index (χ0) is 18.4. The third-order valence-electron chi connectivity index (χ3n) is 3.46. The second kappa shape index (κ2) is 7.79. The number of carbonyl (C=O) groups is 1. The Bertz CT molecular complexity index is 815. The molecule has 1 N–H and O–H groups in total. The van der Waals surface area contributed by atoms with E-state index < -0.39 is 11.5 Å². The van der Waals surface area contributed by atoms with E-state index in [0.29, 0.717) is 5.75 Å². The molecule has 0 saturated carbocycles. The van der Waals surface area contributed by atoms with E-state index in [1.165, 1.54) is 24.0 Å². The fraction of sp³-hybridized carbons (Fsp3) is 0.316. The summed E-state index contributed by atoms with van der Waals surface area (Å²) in [6, 6.07) is 7.58. The molecule has 6 heteroatoms. The lowest BCUT2D eigenvalue weighted by Gasteiger charge is -2.19. The van der Waals surface area contributed by atoms with E-state index in [4.69, 9.17) is 9.47 Å². The first-order valence-electron chi connectivity index (χ1n) is 8.02. The minimum absolute atomic E-state index is 0.0359. The highest BCUT2D eigenvalue weighted by molar-refractivity contribution is 5.87. The van der Waals surface area contributed by atoms with E-state index in [1.807, 2.05) is 24.3 Å². The second-order valence-electron chi connectivity index (χ2n) is 6.41. The Balaban J connectivity index is 2.27. The molecule has 1 aromatic carbocycles. The highest BCUT2D eigenvalue weighted by Gasteiger charge is 2.14. The van der Waals surface area contributed by atoms with Gasteiger partial charge in [0.2, 0.25) is 5.88 Å². The number of rotatable bonds is 5. The number of aromatic nitrogens is 2. The van der Waals surface area contributed by atoms with Crippen LogP contribution in [0.5, 0.6) is 11.6 Å². The molecule has 0 unspecified atom stereocenters. The molecular formula is C19H22N2O4. The Morgan fingerprint density at radius 3 is 2.52 bits per heavy atom. The van der Waals surface area contributed by atoms with Crippen molar-refractivity contribution in [2.75, 3.05) is 6.61 Å². The number of ether oxygens (including phenoxy) is 2. The summed E-state index contributed by atoms with van der Waals surface area (Å²) in [4.78, 5) is 30.0.